The Morgan fingerprint density at radius 2 is 1.88 bits per heavy atom. The van der Waals surface area contributed by atoms with Crippen LogP contribution in [0.2, 0.25) is 5.02 Å². The number of thioether (sulfide) groups is 1. The van der Waals surface area contributed by atoms with Crippen molar-refractivity contribution in [2.75, 3.05) is 13.1 Å². The zero-order valence-electron chi connectivity index (χ0n) is 14.6. The number of carbonyl (C=O) groups is 1. The molecule has 5 nitrogen and oxygen atoms in total. The van der Waals surface area contributed by atoms with Crippen LogP contribution in [0, 0.1) is 0 Å². The summed E-state index contributed by atoms with van der Waals surface area (Å²) in [6, 6.07) is 7.58. The Bertz CT molecular complexity index is 725. The van der Waals surface area contributed by atoms with Gasteiger partial charge >= 0.3 is 0 Å². The van der Waals surface area contributed by atoms with Crippen LogP contribution in [-0.4, -0.2) is 43.9 Å². The third-order valence-corrected chi connectivity index (χ3v) is 5.75. The monoisotopic (exact) mass is 378 g/mol. The van der Waals surface area contributed by atoms with Crippen LogP contribution in [-0.2, 0) is 11.3 Å². The van der Waals surface area contributed by atoms with E-state index in [1.165, 1.54) is 18.2 Å². The number of likely N-dealkylation sites (tertiary alicyclic amines) is 1. The maximum atomic E-state index is 12.6. The number of nitrogens with zero attached hydrogens (tertiary/aromatic N) is 4. The number of carbonyl (C=O) groups excluding carboxylic acids is 1. The van der Waals surface area contributed by atoms with Crippen molar-refractivity contribution >= 4 is 29.3 Å². The molecule has 7 heteroatoms. The van der Waals surface area contributed by atoms with Crippen LogP contribution in [0.4, 0.5) is 0 Å². The molecule has 1 amide bonds. The minimum atomic E-state index is -0.161. The van der Waals surface area contributed by atoms with E-state index in [1.54, 1.807) is 0 Å². The van der Waals surface area contributed by atoms with Gasteiger partial charge in [0.1, 0.15) is 0 Å². The lowest BCUT2D eigenvalue weighted by molar-refractivity contribution is -0.131. The number of piperidine rings is 1. The van der Waals surface area contributed by atoms with Gasteiger partial charge in [-0.3, -0.25) is 4.79 Å². The second-order valence-electron chi connectivity index (χ2n) is 6.20. The Morgan fingerprint density at radius 1 is 1.20 bits per heavy atom. The van der Waals surface area contributed by atoms with E-state index in [9.17, 15) is 4.79 Å². The van der Waals surface area contributed by atoms with E-state index in [2.05, 4.69) is 17.1 Å². The van der Waals surface area contributed by atoms with Gasteiger partial charge in [0.25, 0.3) is 0 Å². The van der Waals surface area contributed by atoms with Gasteiger partial charge in [-0.1, -0.05) is 23.4 Å². The lowest BCUT2D eigenvalue weighted by atomic mass is 10.1. The summed E-state index contributed by atoms with van der Waals surface area (Å²) in [6.07, 6.45) is 3.43. The van der Waals surface area contributed by atoms with Gasteiger partial charge in [-0.2, -0.15) is 0 Å². The molecule has 1 saturated heterocycles. The average Bonchev–Trinajstić information content (AvgIpc) is 3.05. The molecule has 1 atom stereocenters. The molecule has 134 valence electrons. The van der Waals surface area contributed by atoms with E-state index in [4.69, 9.17) is 11.6 Å². The second-order valence-corrected chi connectivity index (χ2v) is 7.95. The van der Waals surface area contributed by atoms with Crippen molar-refractivity contribution in [2.24, 2.45) is 0 Å². The lowest BCUT2D eigenvalue weighted by Gasteiger charge is -2.28. The van der Waals surface area contributed by atoms with Crippen LogP contribution >= 0.6 is 23.4 Å². The minimum absolute atomic E-state index is 0.161. The summed E-state index contributed by atoms with van der Waals surface area (Å²) in [7, 11) is 0. The highest BCUT2D eigenvalue weighted by Gasteiger charge is 2.25. The largest absolute Gasteiger partial charge is 0.342 e. The molecule has 3 rings (SSSR count). The molecule has 0 bridgehead atoms. The number of aromatic nitrogens is 3. The van der Waals surface area contributed by atoms with Crippen LogP contribution in [0.1, 0.15) is 33.1 Å². The SMILES string of the molecule is CCn1c(S[C@@H](C)C(=O)N2CCCCC2)nnc1-c1ccc(Cl)cc1. The molecule has 0 radical (unpaired) electrons. The fourth-order valence-electron chi connectivity index (χ4n) is 3.05. The summed E-state index contributed by atoms with van der Waals surface area (Å²) in [5, 5.41) is 9.98. The Kier molecular flexibility index (Phi) is 6.02. The summed E-state index contributed by atoms with van der Waals surface area (Å²) in [5.74, 6) is 1.00. The van der Waals surface area contributed by atoms with E-state index in [0.29, 0.717) is 5.02 Å². The van der Waals surface area contributed by atoms with Gasteiger partial charge in [0, 0.05) is 30.2 Å². The summed E-state index contributed by atoms with van der Waals surface area (Å²) >= 11 is 7.45. The molecule has 1 aromatic heterocycles. The summed E-state index contributed by atoms with van der Waals surface area (Å²) < 4.78 is 2.05. The summed E-state index contributed by atoms with van der Waals surface area (Å²) in [5.41, 5.74) is 0.973. The number of halogens is 1. The van der Waals surface area contributed by atoms with Gasteiger partial charge in [-0.05, 0) is 57.4 Å². The Balaban J connectivity index is 1.76. The first kappa shape index (κ1) is 18.3. The van der Waals surface area contributed by atoms with Gasteiger partial charge in [0.15, 0.2) is 11.0 Å². The predicted octanol–water partition coefficient (Wildman–Crippen LogP) is 4.11. The van der Waals surface area contributed by atoms with Gasteiger partial charge < -0.3 is 9.47 Å². The first-order chi connectivity index (χ1) is 12.1. The molecular weight excluding hydrogens is 356 g/mol. The van der Waals surface area contributed by atoms with Crippen molar-refractivity contribution < 1.29 is 4.79 Å². The molecule has 1 aromatic carbocycles. The zero-order chi connectivity index (χ0) is 17.8. The van der Waals surface area contributed by atoms with E-state index in [-0.39, 0.29) is 11.2 Å². The molecular formula is C18H23ClN4OS. The molecule has 1 fully saturated rings. The lowest BCUT2D eigenvalue weighted by Crippen LogP contribution is -2.40. The maximum Gasteiger partial charge on any atom is 0.235 e. The Labute approximate surface area is 157 Å². The number of benzene rings is 1. The zero-order valence-corrected chi connectivity index (χ0v) is 16.2. The molecule has 0 N–H and O–H groups in total. The van der Waals surface area contributed by atoms with E-state index >= 15 is 0 Å². The highest BCUT2D eigenvalue weighted by molar-refractivity contribution is 8.00. The molecule has 0 saturated carbocycles. The van der Waals surface area contributed by atoms with Gasteiger partial charge in [0.05, 0.1) is 5.25 Å². The first-order valence-electron chi connectivity index (χ1n) is 8.74. The van der Waals surface area contributed by atoms with Crippen LogP contribution in [0.3, 0.4) is 0 Å². The third-order valence-electron chi connectivity index (χ3n) is 4.43. The van der Waals surface area contributed by atoms with E-state index in [1.807, 2.05) is 40.7 Å². The van der Waals surface area contributed by atoms with Crippen molar-refractivity contribution in [1.82, 2.24) is 19.7 Å². The smallest absolute Gasteiger partial charge is 0.235 e. The molecule has 25 heavy (non-hydrogen) atoms. The second kappa shape index (κ2) is 8.23. The summed E-state index contributed by atoms with van der Waals surface area (Å²) in [6.45, 7) is 6.51. The quantitative estimate of drug-likeness (QED) is 0.734. The minimum Gasteiger partial charge on any atom is -0.342 e. The van der Waals surface area contributed by atoms with Crippen molar-refractivity contribution in [1.29, 1.82) is 0 Å². The number of rotatable bonds is 5. The molecule has 1 aliphatic heterocycles. The van der Waals surface area contributed by atoms with Crippen molar-refractivity contribution in [3.8, 4) is 11.4 Å². The van der Waals surface area contributed by atoms with Crippen molar-refractivity contribution in [3.05, 3.63) is 29.3 Å². The summed E-state index contributed by atoms with van der Waals surface area (Å²) in [4.78, 5) is 14.6. The van der Waals surface area contributed by atoms with Gasteiger partial charge in [0.2, 0.25) is 5.91 Å². The third kappa shape index (κ3) is 4.18. The number of amides is 1. The average molecular weight is 379 g/mol. The maximum absolute atomic E-state index is 12.6. The van der Waals surface area contributed by atoms with Crippen LogP contribution in [0.25, 0.3) is 11.4 Å². The van der Waals surface area contributed by atoms with E-state index in [0.717, 1.165) is 49.0 Å². The highest BCUT2D eigenvalue weighted by atomic mass is 35.5. The Morgan fingerprint density at radius 3 is 2.52 bits per heavy atom. The van der Waals surface area contributed by atoms with Crippen LogP contribution < -0.4 is 0 Å². The van der Waals surface area contributed by atoms with Crippen LogP contribution in [0.5, 0.6) is 0 Å². The van der Waals surface area contributed by atoms with Gasteiger partial charge in [-0.25, -0.2) is 0 Å². The standard InChI is InChI=1S/C18H23ClN4OS/c1-3-23-16(14-7-9-15(19)10-8-14)20-21-18(23)25-13(2)17(24)22-11-5-4-6-12-22/h7-10,13H,3-6,11-12H2,1-2H3/t13-/m0/s1. The highest BCUT2D eigenvalue weighted by Crippen LogP contribution is 2.28. The number of hydrogen-bond donors (Lipinski definition) is 0. The molecule has 0 aliphatic carbocycles. The predicted molar refractivity (Wildman–Crippen MR) is 102 cm³/mol. The topological polar surface area (TPSA) is 51.0 Å². The number of hydrogen-bond acceptors (Lipinski definition) is 4. The molecule has 0 unspecified atom stereocenters. The van der Waals surface area contributed by atoms with Gasteiger partial charge in [-0.15, -0.1) is 10.2 Å². The molecule has 0 spiro atoms. The molecule has 2 aromatic rings. The normalized spacial score (nSPS) is 16.0. The van der Waals surface area contributed by atoms with E-state index < -0.39 is 0 Å². The fourth-order valence-corrected chi connectivity index (χ4v) is 4.18. The molecule has 2 heterocycles. The van der Waals surface area contributed by atoms with Crippen molar-refractivity contribution in [3.63, 3.8) is 0 Å². The van der Waals surface area contributed by atoms with Crippen LogP contribution in [0.15, 0.2) is 29.4 Å². The Hall–Kier alpha value is -1.53. The molecule has 1 aliphatic rings. The van der Waals surface area contributed by atoms with Crippen molar-refractivity contribution in [2.45, 2.75) is 50.1 Å². The fraction of sp³-hybridized carbons (Fsp3) is 0.500. The first-order valence-corrected chi connectivity index (χ1v) is 10.0.